The highest BCUT2D eigenvalue weighted by Crippen LogP contribution is 2.20. The molecule has 0 aliphatic carbocycles. The summed E-state index contributed by atoms with van der Waals surface area (Å²) >= 11 is 7.58. The van der Waals surface area contributed by atoms with Crippen LogP contribution in [0, 0.1) is 0 Å². The van der Waals surface area contributed by atoms with Crippen molar-refractivity contribution in [2.24, 2.45) is 0 Å². The minimum atomic E-state index is -0.194. The smallest absolute Gasteiger partial charge is 0.248 e. The number of aromatic nitrogens is 2. The highest BCUT2D eigenvalue weighted by Gasteiger charge is 2.12. The number of halogens is 1. The lowest BCUT2D eigenvalue weighted by Crippen LogP contribution is -2.24. The molecule has 0 spiro atoms. The van der Waals surface area contributed by atoms with Crippen molar-refractivity contribution in [3.63, 3.8) is 0 Å². The number of rotatable bonds is 5. The molecule has 0 atom stereocenters. The first kappa shape index (κ1) is 14.7. The Bertz CT molecular complexity index is 771. The molecule has 0 radical (unpaired) electrons. The Balaban J connectivity index is 1.57. The second kappa shape index (κ2) is 6.72. The molecule has 2 aromatic heterocycles. The zero-order chi connectivity index (χ0) is 15.4. The van der Waals surface area contributed by atoms with Gasteiger partial charge in [0.05, 0.1) is 0 Å². The van der Waals surface area contributed by atoms with Crippen LogP contribution in [-0.4, -0.2) is 16.1 Å². The van der Waals surface area contributed by atoms with E-state index in [4.69, 9.17) is 16.0 Å². The molecule has 0 aliphatic heterocycles. The summed E-state index contributed by atoms with van der Waals surface area (Å²) in [5.74, 6) is 0.522. The van der Waals surface area contributed by atoms with Crippen molar-refractivity contribution in [2.75, 3.05) is 0 Å². The van der Waals surface area contributed by atoms with Gasteiger partial charge >= 0.3 is 0 Å². The maximum atomic E-state index is 11.9. The number of hydrogen-bond acceptors (Lipinski definition) is 5. The van der Waals surface area contributed by atoms with Crippen LogP contribution >= 0.6 is 22.9 Å². The van der Waals surface area contributed by atoms with E-state index >= 15 is 0 Å². The second-order valence-corrected chi connectivity index (χ2v) is 5.75. The lowest BCUT2D eigenvalue weighted by atomic mass is 10.2. The van der Waals surface area contributed by atoms with Gasteiger partial charge < -0.3 is 9.73 Å². The highest BCUT2D eigenvalue weighted by molar-refractivity contribution is 7.08. The first-order valence-corrected chi connectivity index (χ1v) is 7.89. The molecule has 1 N–H and O–H groups in total. The number of nitrogens with one attached hydrogen (secondary N) is 1. The number of hydrogen-bond donors (Lipinski definition) is 1. The van der Waals surface area contributed by atoms with E-state index in [9.17, 15) is 4.79 Å². The number of nitrogens with zero attached hydrogens (tertiary/aromatic N) is 2. The summed E-state index contributed by atoms with van der Waals surface area (Å²) < 4.78 is 5.47. The molecule has 0 aliphatic rings. The SMILES string of the molecule is O=C(Cc1nnc(-c2ccsc2)o1)NCc1ccccc1Cl. The summed E-state index contributed by atoms with van der Waals surface area (Å²) in [5, 5.41) is 15.1. The van der Waals surface area contributed by atoms with Crippen molar-refractivity contribution >= 4 is 28.8 Å². The van der Waals surface area contributed by atoms with E-state index in [1.165, 1.54) is 0 Å². The maximum Gasteiger partial charge on any atom is 0.248 e. The maximum absolute atomic E-state index is 11.9. The van der Waals surface area contributed by atoms with Gasteiger partial charge in [-0.2, -0.15) is 11.3 Å². The topological polar surface area (TPSA) is 68.0 Å². The van der Waals surface area contributed by atoms with Crippen LogP contribution in [0.2, 0.25) is 5.02 Å². The summed E-state index contributed by atoms with van der Waals surface area (Å²) in [7, 11) is 0. The van der Waals surface area contributed by atoms with Crippen LogP contribution in [-0.2, 0) is 17.8 Å². The molecule has 0 saturated heterocycles. The van der Waals surface area contributed by atoms with Gasteiger partial charge in [-0.15, -0.1) is 10.2 Å². The first-order chi connectivity index (χ1) is 10.7. The van der Waals surface area contributed by atoms with Crippen LogP contribution in [0.3, 0.4) is 0 Å². The van der Waals surface area contributed by atoms with Gasteiger partial charge in [-0.05, 0) is 23.1 Å². The van der Waals surface area contributed by atoms with Gasteiger partial charge in [0.15, 0.2) is 0 Å². The molecule has 5 nitrogen and oxygen atoms in total. The number of carbonyl (C=O) groups excluding carboxylic acids is 1. The Morgan fingerprint density at radius 3 is 2.91 bits per heavy atom. The van der Waals surface area contributed by atoms with Crippen molar-refractivity contribution in [3.05, 3.63) is 57.6 Å². The molecule has 0 saturated carbocycles. The molecule has 0 unspecified atom stereocenters. The van der Waals surface area contributed by atoms with Crippen molar-refractivity contribution in [2.45, 2.75) is 13.0 Å². The minimum Gasteiger partial charge on any atom is -0.420 e. The number of benzene rings is 1. The monoisotopic (exact) mass is 333 g/mol. The van der Waals surface area contributed by atoms with Gasteiger partial charge in [-0.25, -0.2) is 0 Å². The largest absolute Gasteiger partial charge is 0.420 e. The molecule has 0 fully saturated rings. The molecule has 3 aromatic rings. The summed E-state index contributed by atoms with van der Waals surface area (Å²) in [4.78, 5) is 11.9. The molecule has 1 aromatic carbocycles. The van der Waals surface area contributed by atoms with E-state index in [1.807, 2.05) is 35.0 Å². The first-order valence-electron chi connectivity index (χ1n) is 6.57. The Morgan fingerprint density at radius 2 is 2.14 bits per heavy atom. The minimum absolute atomic E-state index is 0.0432. The summed E-state index contributed by atoms with van der Waals surface area (Å²) in [6.07, 6.45) is 0.0432. The van der Waals surface area contributed by atoms with E-state index in [-0.39, 0.29) is 18.2 Å². The predicted octanol–water partition coefficient (Wildman–Crippen LogP) is 3.31. The third kappa shape index (κ3) is 3.52. The molecular weight excluding hydrogens is 322 g/mol. The Morgan fingerprint density at radius 1 is 1.27 bits per heavy atom. The highest BCUT2D eigenvalue weighted by atomic mass is 35.5. The van der Waals surface area contributed by atoms with Crippen LogP contribution < -0.4 is 5.32 Å². The average molecular weight is 334 g/mol. The van der Waals surface area contributed by atoms with Crippen molar-refractivity contribution < 1.29 is 9.21 Å². The fourth-order valence-corrected chi connectivity index (χ4v) is 2.70. The molecule has 3 rings (SSSR count). The van der Waals surface area contributed by atoms with Crippen molar-refractivity contribution in [3.8, 4) is 11.5 Å². The Labute approximate surface area is 135 Å². The quantitative estimate of drug-likeness (QED) is 0.777. The van der Waals surface area contributed by atoms with Gasteiger partial charge in [0.1, 0.15) is 6.42 Å². The van der Waals surface area contributed by atoms with Gasteiger partial charge in [-0.3, -0.25) is 4.79 Å². The van der Waals surface area contributed by atoms with Gasteiger partial charge in [0.25, 0.3) is 0 Å². The summed E-state index contributed by atoms with van der Waals surface area (Å²) in [6, 6.07) is 9.26. The summed E-state index contributed by atoms with van der Waals surface area (Å²) in [5.41, 5.74) is 1.72. The molecule has 2 heterocycles. The van der Waals surface area contributed by atoms with E-state index < -0.39 is 0 Å². The molecule has 112 valence electrons. The Hall–Kier alpha value is -2.18. The van der Waals surface area contributed by atoms with Crippen LogP contribution in [0.1, 0.15) is 11.5 Å². The number of carbonyl (C=O) groups is 1. The van der Waals surface area contributed by atoms with E-state index in [0.717, 1.165) is 11.1 Å². The number of amides is 1. The van der Waals surface area contributed by atoms with Crippen LogP contribution in [0.25, 0.3) is 11.5 Å². The molecular formula is C15H12ClN3O2S. The fourth-order valence-electron chi connectivity index (χ4n) is 1.86. The van der Waals surface area contributed by atoms with Gasteiger partial charge in [0.2, 0.25) is 17.7 Å². The van der Waals surface area contributed by atoms with E-state index in [0.29, 0.717) is 17.5 Å². The van der Waals surface area contributed by atoms with Crippen LogP contribution in [0.15, 0.2) is 45.5 Å². The van der Waals surface area contributed by atoms with E-state index in [2.05, 4.69) is 15.5 Å². The van der Waals surface area contributed by atoms with Gasteiger partial charge in [0, 0.05) is 22.5 Å². The number of thiophene rings is 1. The third-order valence-electron chi connectivity index (χ3n) is 2.98. The molecule has 0 bridgehead atoms. The van der Waals surface area contributed by atoms with Crippen molar-refractivity contribution in [1.82, 2.24) is 15.5 Å². The predicted molar refractivity (Wildman–Crippen MR) is 84.6 cm³/mol. The normalized spacial score (nSPS) is 10.6. The van der Waals surface area contributed by atoms with Crippen molar-refractivity contribution in [1.29, 1.82) is 0 Å². The fraction of sp³-hybridized carbons (Fsp3) is 0.133. The zero-order valence-corrected chi connectivity index (χ0v) is 13.0. The van der Waals surface area contributed by atoms with E-state index in [1.54, 1.807) is 17.4 Å². The third-order valence-corrected chi connectivity index (χ3v) is 4.03. The van der Waals surface area contributed by atoms with Gasteiger partial charge in [-0.1, -0.05) is 29.8 Å². The zero-order valence-electron chi connectivity index (χ0n) is 11.5. The second-order valence-electron chi connectivity index (χ2n) is 4.56. The Kier molecular flexibility index (Phi) is 4.50. The average Bonchev–Trinajstić information content (AvgIpc) is 3.17. The summed E-state index contributed by atoms with van der Waals surface area (Å²) in [6.45, 7) is 0.365. The standard InChI is InChI=1S/C15H12ClN3O2S/c16-12-4-2-1-3-10(12)8-17-13(20)7-14-18-19-15(21-14)11-5-6-22-9-11/h1-6,9H,7-8H2,(H,17,20). The lowest BCUT2D eigenvalue weighted by molar-refractivity contribution is -0.120. The molecule has 1 amide bonds. The molecule has 22 heavy (non-hydrogen) atoms. The van der Waals surface area contributed by atoms with Crippen LogP contribution in [0.4, 0.5) is 0 Å². The lowest BCUT2D eigenvalue weighted by Gasteiger charge is -2.05. The van der Waals surface area contributed by atoms with Crippen LogP contribution in [0.5, 0.6) is 0 Å². The molecule has 7 heteroatoms.